The first-order chi connectivity index (χ1) is 15.1. The Bertz CT molecular complexity index is 1040. The first-order valence-electron chi connectivity index (χ1n) is 10.3. The van der Waals surface area contributed by atoms with Crippen molar-refractivity contribution in [3.8, 4) is 5.75 Å². The molecule has 3 rings (SSSR count). The van der Waals surface area contributed by atoms with Crippen LogP contribution < -0.4 is 9.80 Å². The van der Waals surface area contributed by atoms with Gasteiger partial charge < -0.3 is 4.74 Å². The summed E-state index contributed by atoms with van der Waals surface area (Å²) in [6, 6.07) is 9.78. The number of nitrogens with zero attached hydrogens (tertiary/aromatic N) is 2. The monoisotopic (exact) mass is 472 g/mol. The van der Waals surface area contributed by atoms with E-state index in [2.05, 4.69) is 0 Å². The number of methoxy groups -OCH3 is 1. The van der Waals surface area contributed by atoms with Crippen LogP contribution >= 0.6 is 0 Å². The Kier molecular flexibility index (Phi) is 7.36. The van der Waals surface area contributed by atoms with Crippen molar-refractivity contribution in [2.45, 2.75) is 37.3 Å². The lowest BCUT2D eigenvalue weighted by Gasteiger charge is -2.27. The molecule has 1 saturated carbocycles. The molecular formula is C22H27F3N2O4S. The third kappa shape index (κ3) is 5.19. The molecule has 0 bridgehead atoms. The Hall–Kier alpha value is -2.30. The molecule has 0 amide bonds. The summed E-state index contributed by atoms with van der Waals surface area (Å²) in [5.74, 6) is 0.595. The number of anilines is 2. The van der Waals surface area contributed by atoms with Gasteiger partial charge >= 0.3 is 6.18 Å². The van der Waals surface area contributed by atoms with Crippen LogP contribution in [-0.4, -0.2) is 40.0 Å². The van der Waals surface area contributed by atoms with Crippen molar-refractivity contribution in [2.75, 3.05) is 32.4 Å². The van der Waals surface area contributed by atoms with Gasteiger partial charge in [-0.05, 0) is 55.5 Å². The number of para-hydroxylation sites is 2. The lowest BCUT2D eigenvalue weighted by atomic mass is 10.1. The Labute approximate surface area is 186 Å². The SMILES string of the molecule is CCCN(CC1CC1)S(=O)(=O)c1ccc(N(OC)c2ccccc2OC)cc1C(F)(F)F. The molecule has 0 aromatic heterocycles. The van der Waals surface area contributed by atoms with Gasteiger partial charge in [-0.15, -0.1) is 0 Å². The van der Waals surface area contributed by atoms with Gasteiger partial charge in [-0.2, -0.15) is 17.5 Å². The number of alkyl halides is 3. The van der Waals surface area contributed by atoms with E-state index in [4.69, 9.17) is 9.57 Å². The lowest BCUT2D eigenvalue weighted by Crippen LogP contribution is -2.35. The topological polar surface area (TPSA) is 59.1 Å². The number of ether oxygens (including phenoxy) is 1. The van der Waals surface area contributed by atoms with Crippen LogP contribution in [0.4, 0.5) is 24.5 Å². The molecule has 10 heteroatoms. The quantitative estimate of drug-likeness (QED) is 0.444. The summed E-state index contributed by atoms with van der Waals surface area (Å²) in [6.45, 7) is 2.21. The van der Waals surface area contributed by atoms with Crippen LogP contribution in [0.3, 0.4) is 0 Å². The van der Waals surface area contributed by atoms with Crippen molar-refractivity contribution in [3.63, 3.8) is 0 Å². The molecule has 2 aromatic carbocycles. The lowest BCUT2D eigenvalue weighted by molar-refractivity contribution is -0.139. The maximum atomic E-state index is 14.0. The molecule has 0 spiro atoms. The van der Waals surface area contributed by atoms with Crippen molar-refractivity contribution in [2.24, 2.45) is 5.92 Å². The van der Waals surface area contributed by atoms with Gasteiger partial charge in [-0.3, -0.25) is 4.84 Å². The molecule has 1 aliphatic carbocycles. The Morgan fingerprint density at radius 3 is 2.34 bits per heavy atom. The molecule has 1 fully saturated rings. The molecule has 0 N–H and O–H groups in total. The smallest absolute Gasteiger partial charge is 0.417 e. The molecular weight excluding hydrogens is 445 g/mol. The van der Waals surface area contributed by atoms with E-state index in [-0.39, 0.29) is 24.7 Å². The number of halogens is 3. The Morgan fingerprint density at radius 2 is 1.78 bits per heavy atom. The van der Waals surface area contributed by atoms with Gasteiger partial charge in [0.2, 0.25) is 10.0 Å². The van der Waals surface area contributed by atoms with E-state index in [0.717, 1.165) is 25.0 Å². The molecule has 176 valence electrons. The van der Waals surface area contributed by atoms with Crippen molar-refractivity contribution in [1.29, 1.82) is 0 Å². The van der Waals surface area contributed by atoms with Gasteiger partial charge in [0.15, 0.2) is 0 Å². The van der Waals surface area contributed by atoms with E-state index in [1.807, 2.05) is 0 Å². The van der Waals surface area contributed by atoms with Crippen LogP contribution in [0.2, 0.25) is 0 Å². The first kappa shape index (κ1) is 24.3. The largest absolute Gasteiger partial charge is 0.494 e. The second-order valence-corrected chi connectivity index (χ2v) is 9.54. The molecule has 0 atom stereocenters. The van der Waals surface area contributed by atoms with E-state index in [0.29, 0.717) is 17.9 Å². The summed E-state index contributed by atoms with van der Waals surface area (Å²) in [5, 5.41) is 1.17. The van der Waals surface area contributed by atoms with Crippen LogP contribution in [0.1, 0.15) is 31.7 Å². The summed E-state index contributed by atoms with van der Waals surface area (Å²) >= 11 is 0. The molecule has 0 unspecified atom stereocenters. The zero-order chi connectivity index (χ0) is 23.5. The van der Waals surface area contributed by atoms with E-state index < -0.39 is 26.7 Å². The summed E-state index contributed by atoms with van der Waals surface area (Å²) < 4.78 is 75.0. The molecule has 0 radical (unpaired) electrons. The summed E-state index contributed by atoms with van der Waals surface area (Å²) in [7, 11) is -1.58. The van der Waals surface area contributed by atoms with E-state index in [9.17, 15) is 21.6 Å². The van der Waals surface area contributed by atoms with Crippen molar-refractivity contribution in [1.82, 2.24) is 4.31 Å². The van der Waals surface area contributed by atoms with Gasteiger partial charge in [0.05, 0.1) is 30.4 Å². The fourth-order valence-corrected chi connectivity index (χ4v) is 5.32. The highest BCUT2D eigenvalue weighted by molar-refractivity contribution is 7.89. The second-order valence-electron chi connectivity index (χ2n) is 7.63. The average Bonchev–Trinajstić information content (AvgIpc) is 3.58. The number of hydrogen-bond acceptors (Lipinski definition) is 5. The normalized spacial score (nSPS) is 14.6. The molecule has 2 aromatic rings. The molecule has 6 nitrogen and oxygen atoms in total. The zero-order valence-corrected chi connectivity index (χ0v) is 19.0. The van der Waals surface area contributed by atoms with E-state index >= 15 is 0 Å². The van der Waals surface area contributed by atoms with E-state index in [1.54, 1.807) is 31.2 Å². The van der Waals surface area contributed by atoms with Crippen LogP contribution in [-0.2, 0) is 21.0 Å². The molecule has 0 saturated heterocycles. The second kappa shape index (κ2) is 9.68. The maximum Gasteiger partial charge on any atom is 0.417 e. The van der Waals surface area contributed by atoms with Gasteiger partial charge in [0.25, 0.3) is 0 Å². The predicted molar refractivity (Wildman–Crippen MR) is 115 cm³/mol. The highest BCUT2D eigenvalue weighted by Crippen LogP contribution is 2.41. The predicted octanol–water partition coefficient (Wildman–Crippen LogP) is 5.22. The average molecular weight is 473 g/mol. The first-order valence-corrected chi connectivity index (χ1v) is 11.8. The molecule has 32 heavy (non-hydrogen) atoms. The summed E-state index contributed by atoms with van der Waals surface area (Å²) in [6.07, 6.45) is -2.59. The molecule has 0 heterocycles. The maximum absolute atomic E-state index is 14.0. The fourth-order valence-electron chi connectivity index (χ4n) is 3.52. The summed E-state index contributed by atoms with van der Waals surface area (Å²) in [4.78, 5) is 4.58. The number of sulfonamides is 1. The Balaban J connectivity index is 2.10. The van der Waals surface area contributed by atoms with Crippen molar-refractivity contribution in [3.05, 3.63) is 48.0 Å². The van der Waals surface area contributed by atoms with Gasteiger partial charge in [-0.25, -0.2) is 13.5 Å². The minimum Gasteiger partial charge on any atom is -0.494 e. The third-order valence-electron chi connectivity index (χ3n) is 5.24. The van der Waals surface area contributed by atoms with Crippen LogP contribution in [0.5, 0.6) is 5.75 Å². The highest BCUT2D eigenvalue weighted by atomic mass is 32.2. The number of rotatable bonds is 10. The fraction of sp³-hybridized carbons (Fsp3) is 0.455. The third-order valence-corrected chi connectivity index (χ3v) is 7.16. The number of hydrogen-bond donors (Lipinski definition) is 0. The van der Waals surface area contributed by atoms with Crippen LogP contribution in [0.15, 0.2) is 47.4 Å². The highest BCUT2D eigenvalue weighted by Gasteiger charge is 2.41. The Morgan fingerprint density at radius 1 is 1.09 bits per heavy atom. The summed E-state index contributed by atoms with van der Waals surface area (Å²) in [5.41, 5.74) is -0.834. The van der Waals surface area contributed by atoms with Crippen molar-refractivity contribution >= 4 is 21.4 Å². The minimum absolute atomic E-state index is 0.0208. The van der Waals surface area contributed by atoms with Gasteiger partial charge in [0.1, 0.15) is 11.4 Å². The van der Waals surface area contributed by atoms with Gasteiger partial charge in [0, 0.05) is 13.1 Å². The van der Waals surface area contributed by atoms with Crippen LogP contribution in [0.25, 0.3) is 0 Å². The standard InChI is InChI=1S/C22H27F3N2O4S/c1-4-13-26(15-16-9-10-16)32(28,29)21-12-11-17(14-18(21)22(23,24)25)27(31-3)19-7-5-6-8-20(19)30-2/h5-8,11-12,14,16H,4,9-10,13,15H2,1-3H3. The van der Waals surface area contributed by atoms with Crippen LogP contribution in [0, 0.1) is 5.92 Å². The van der Waals surface area contributed by atoms with Gasteiger partial charge in [-0.1, -0.05) is 19.1 Å². The zero-order valence-electron chi connectivity index (χ0n) is 18.2. The number of benzene rings is 2. The molecule has 1 aliphatic rings. The molecule has 0 aliphatic heterocycles. The van der Waals surface area contributed by atoms with E-state index in [1.165, 1.54) is 29.7 Å². The minimum atomic E-state index is -4.88. The van der Waals surface area contributed by atoms with Crippen molar-refractivity contribution < 1.29 is 31.2 Å².